The predicted octanol–water partition coefficient (Wildman–Crippen LogP) is 4.50. The van der Waals surface area contributed by atoms with E-state index in [0.717, 1.165) is 5.56 Å². The van der Waals surface area contributed by atoms with E-state index in [1.54, 1.807) is 42.5 Å². The molecule has 0 aliphatic rings. The van der Waals surface area contributed by atoms with Crippen LogP contribution in [0.15, 0.2) is 42.5 Å². The minimum Gasteiger partial charge on any atom is -0.326 e. The van der Waals surface area contributed by atoms with Gasteiger partial charge in [0.05, 0.1) is 0 Å². The van der Waals surface area contributed by atoms with Crippen LogP contribution in [0.1, 0.15) is 29.8 Å². The number of rotatable bonds is 4. The van der Waals surface area contributed by atoms with Gasteiger partial charge < -0.3 is 10.6 Å². The van der Waals surface area contributed by atoms with E-state index in [-0.39, 0.29) is 17.7 Å². The maximum atomic E-state index is 12.3. The van der Waals surface area contributed by atoms with Crippen LogP contribution in [0.2, 0.25) is 5.02 Å². The second-order valence-corrected chi connectivity index (χ2v) is 6.05. The molecule has 0 fully saturated rings. The van der Waals surface area contributed by atoms with Crippen LogP contribution in [-0.4, -0.2) is 11.8 Å². The van der Waals surface area contributed by atoms with Gasteiger partial charge in [-0.15, -0.1) is 0 Å². The van der Waals surface area contributed by atoms with E-state index >= 15 is 0 Å². The molecule has 0 aliphatic heterocycles. The number of hydrogen-bond donors (Lipinski definition) is 2. The van der Waals surface area contributed by atoms with E-state index in [1.807, 2.05) is 20.8 Å². The molecule has 2 amide bonds. The Bertz CT molecular complexity index is 742. The molecular formula is C18H19ClN2O2. The zero-order chi connectivity index (χ0) is 17.0. The predicted molar refractivity (Wildman–Crippen MR) is 94.1 cm³/mol. The standard InChI is InChI=1S/C18H19ClN2O2/c1-11(2)17(22)20-14-5-4-6-15(10-14)21-18(23)13-8-7-12(3)16(19)9-13/h4-11H,1-3H3,(H,20,22)(H,21,23). The van der Waals surface area contributed by atoms with E-state index < -0.39 is 0 Å². The van der Waals surface area contributed by atoms with E-state index in [2.05, 4.69) is 10.6 Å². The number of aryl methyl sites for hydroxylation is 1. The first-order valence-electron chi connectivity index (χ1n) is 7.35. The molecule has 0 spiro atoms. The average Bonchev–Trinajstić information content (AvgIpc) is 2.50. The molecule has 0 saturated heterocycles. The monoisotopic (exact) mass is 330 g/mol. The molecule has 120 valence electrons. The number of carbonyl (C=O) groups excluding carboxylic acids is 2. The summed E-state index contributed by atoms with van der Waals surface area (Å²) in [5, 5.41) is 6.15. The first-order valence-corrected chi connectivity index (χ1v) is 7.73. The van der Waals surface area contributed by atoms with Crippen LogP contribution in [0, 0.1) is 12.8 Å². The van der Waals surface area contributed by atoms with Crippen molar-refractivity contribution >= 4 is 34.8 Å². The highest BCUT2D eigenvalue weighted by Gasteiger charge is 2.10. The highest BCUT2D eigenvalue weighted by atomic mass is 35.5. The van der Waals surface area contributed by atoms with Crippen LogP contribution in [0.3, 0.4) is 0 Å². The lowest BCUT2D eigenvalue weighted by Gasteiger charge is -2.10. The number of carbonyl (C=O) groups is 2. The fraction of sp³-hybridized carbons (Fsp3) is 0.222. The molecule has 0 unspecified atom stereocenters. The van der Waals surface area contributed by atoms with Gasteiger partial charge in [-0.05, 0) is 42.8 Å². The number of benzene rings is 2. The third kappa shape index (κ3) is 4.57. The summed E-state index contributed by atoms with van der Waals surface area (Å²) in [6.07, 6.45) is 0. The molecule has 4 nitrogen and oxygen atoms in total. The second-order valence-electron chi connectivity index (χ2n) is 5.64. The topological polar surface area (TPSA) is 58.2 Å². The van der Waals surface area contributed by atoms with Crippen molar-refractivity contribution < 1.29 is 9.59 Å². The maximum Gasteiger partial charge on any atom is 0.255 e. The molecule has 2 N–H and O–H groups in total. The Morgan fingerprint density at radius 3 is 2.26 bits per heavy atom. The van der Waals surface area contributed by atoms with Gasteiger partial charge in [-0.1, -0.05) is 37.6 Å². The Balaban J connectivity index is 2.12. The fourth-order valence-electron chi connectivity index (χ4n) is 1.90. The number of anilines is 2. The van der Waals surface area contributed by atoms with E-state index in [4.69, 9.17) is 11.6 Å². The van der Waals surface area contributed by atoms with Crippen LogP contribution in [0.5, 0.6) is 0 Å². The lowest BCUT2D eigenvalue weighted by Crippen LogP contribution is -2.18. The van der Waals surface area contributed by atoms with Gasteiger partial charge in [0.1, 0.15) is 0 Å². The smallest absolute Gasteiger partial charge is 0.255 e. The third-order valence-corrected chi connectivity index (χ3v) is 3.75. The van der Waals surface area contributed by atoms with Crippen LogP contribution >= 0.6 is 11.6 Å². The van der Waals surface area contributed by atoms with Gasteiger partial charge in [0, 0.05) is 27.9 Å². The Morgan fingerprint density at radius 1 is 1.00 bits per heavy atom. The second kappa shape index (κ2) is 7.29. The molecule has 2 aromatic rings. The Morgan fingerprint density at radius 2 is 1.65 bits per heavy atom. The molecule has 0 aliphatic carbocycles. The molecule has 0 heterocycles. The summed E-state index contributed by atoms with van der Waals surface area (Å²) in [6.45, 7) is 5.52. The lowest BCUT2D eigenvalue weighted by molar-refractivity contribution is -0.118. The zero-order valence-electron chi connectivity index (χ0n) is 13.3. The average molecular weight is 331 g/mol. The minimum absolute atomic E-state index is 0.0706. The fourth-order valence-corrected chi connectivity index (χ4v) is 2.08. The van der Waals surface area contributed by atoms with Crippen LogP contribution in [0.25, 0.3) is 0 Å². The molecule has 23 heavy (non-hydrogen) atoms. The Hall–Kier alpha value is -2.33. The molecule has 0 bridgehead atoms. The van der Waals surface area contributed by atoms with Crippen molar-refractivity contribution in [2.24, 2.45) is 5.92 Å². The lowest BCUT2D eigenvalue weighted by atomic mass is 10.1. The van der Waals surface area contributed by atoms with Gasteiger partial charge in [-0.25, -0.2) is 0 Å². The molecule has 0 aromatic heterocycles. The summed E-state index contributed by atoms with van der Waals surface area (Å²) in [6, 6.07) is 12.2. The van der Waals surface area contributed by atoms with Crippen LogP contribution in [0.4, 0.5) is 11.4 Å². The van der Waals surface area contributed by atoms with Crippen molar-refractivity contribution in [1.82, 2.24) is 0 Å². The van der Waals surface area contributed by atoms with Crippen molar-refractivity contribution in [3.05, 3.63) is 58.6 Å². The van der Waals surface area contributed by atoms with Gasteiger partial charge in [0.25, 0.3) is 5.91 Å². The zero-order valence-corrected chi connectivity index (χ0v) is 14.1. The Labute approximate surface area is 140 Å². The summed E-state index contributed by atoms with van der Waals surface area (Å²) in [4.78, 5) is 24.0. The Kier molecular flexibility index (Phi) is 5.40. The quantitative estimate of drug-likeness (QED) is 0.867. The summed E-state index contributed by atoms with van der Waals surface area (Å²) in [5.41, 5.74) is 2.65. The SMILES string of the molecule is Cc1ccc(C(=O)Nc2cccc(NC(=O)C(C)C)c2)cc1Cl. The number of hydrogen-bond acceptors (Lipinski definition) is 2. The normalized spacial score (nSPS) is 10.5. The van der Waals surface area contributed by atoms with Crippen molar-refractivity contribution in [3.8, 4) is 0 Å². The summed E-state index contributed by atoms with van der Waals surface area (Å²) < 4.78 is 0. The number of halogens is 1. The van der Waals surface area contributed by atoms with E-state index in [1.165, 1.54) is 0 Å². The van der Waals surface area contributed by atoms with Crippen molar-refractivity contribution in [2.75, 3.05) is 10.6 Å². The van der Waals surface area contributed by atoms with Gasteiger partial charge in [-0.2, -0.15) is 0 Å². The van der Waals surface area contributed by atoms with Gasteiger partial charge in [-0.3, -0.25) is 9.59 Å². The van der Waals surface area contributed by atoms with Crippen molar-refractivity contribution in [3.63, 3.8) is 0 Å². The molecule has 0 atom stereocenters. The van der Waals surface area contributed by atoms with E-state index in [0.29, 0.717) is 22.0 Å². The molecule has 2 rings (SSSR count). The first kappa shape index (κ1) is 17.0. The number of nitrogens with one attached hydrogen (secondary N) is 2. The van der Waals surface area contributed by atoms with Gasteiger partial charge in [0.15, 0.2) is 0 Å². The largest absolute Gasteiger partial charge is 0.326 e. The number of amides is 2. The molecular weight excluding hydrogens is 312 g/mol. The van der Waals surface area contributed by atoms with Crippen molar-refractivity contribution in [2.45, 2.75) is 20.8 Å². The summed E-state index contributed by atoms with van der Waals surface area (Å²) in [5.74, 6) is -0.430. The highest BCUT2D eigenvalue weighted by molar-refractivity contribution is 6.31. The molecule has 2 aromatic carbocycles. The van der Waals surface area contributed by atoms with Gasteiger partial charge >= 0.3 is 0 Å². The summed E-state index contributed by atoms with van der Waals surface area (Å²) >= 11 is 6.05. The first-order chi connectivity index (χ1) is 10.9. The molecule has 0 saturated carbocycles. The van der Waals surface area contributed by atoms with Crippen LogP contribution in [-0.2, 0) is 4.79 Å². The van der Waals surface area contributed by atoms with Gasteiger partial charge in [0.2, 0.25) is 5.91 Å². The summed E-state index contributed by atoms with van der Waals surface area (Å²) in [7, 11) is 0. The minimum atomic E-state index is -0.251. The van der Waals surface area contributed by atoms with Crippen molar-refractivity contribution in [1.29, 1.82) is 0 Å². The van der Waals surface area contributed by atoms with E-state index in [9.17, 15) is 9.59 Å². The molecule has 0 radical (unpaired) electrons. The maximum absolute atomic E-state index is 12.3. The van der Waals surface area contributed by atoms with Crippen LogP contribution < -0.4 is 10.6 Å². The highest BCUT2D eigenvalue weighted by Crippen LogP contribution is 2.19. The third-order valence-electron chi connectivity index (χ3n) is 3.35. The molecule has 5 heteroatoms.